The van der Waals surface area contributed by atoms with Gasteiger partial charge in [0.2, 0.25) is 0 Å². The standard InChI is InChI=1S/C24H15N7S/c1-3-7-20-17(5-1)18-6-2-4-8-21(18)30(20)16-9-10-19-22(13-16)31(28-27-19)24-12-11-23(32-24)29-14-25-26-15-29/h1-15H. The Morgan fingerprint density at radius 1 is 0.656 bits per heavy atom. The van der Waals surface area contributed by atoms with E-state index in [-0.39, 0.29) is 0 Å². The van der Waals surface area contributed by atoms with Crippen LogP contribution in [0.1, 0.15) is 0 Å². The van der Waals surface area contributed by atoms with Crippen molar-refractivity contribution in [1.82, 2.24) is 34.3 Å². The van der Waals surface area contributed by atoms with Gasteiger partial charge in [0, 0.05) is 16.5 Å². The smallest absolute Gasteiger partial charge is 0.124 e. The molecular formula is C24H15N7S. The second-order valence-electron chi connectivity index (χ2n) is 7.52. The maximum Gasteiger partial charge on any atom is 0.124 e. The van der Waals surface area contributed by atoms with Crippen LogP contribution in [-0.2, 0) is 0 Å². The number of nitrogens with zero attached hydrogens (tertiary/aromatic N) is 7. The lowest BCUT2D eigenvalue weighted by atomic mass is 10.2. The van der Waals surface area contributed by atoms with Gasteiger partial charge in [0.25, 0.3) is 0 Å². The van der Waals surface area contributed by atoms with Crippen LogP contribution >= 0.6 is 11.3 Å². The van der Waals surface area contributed by atoms with Crippen LogP contribution in [0.3, 0.4) is 0 Å². The summed E-state index contributed by atoms with van der Waals surface area (Å²) in [5.41, 5.74) is 5.25. The average Bonchev–Trinajstić information content (AvgIpc) is 3.63. The van der Waals surface area contributed by atoms with E-state index < -0.39 is 0 Å². The summed E-state index contributed by atoms with van der Waals surface area (Å²) in [7, 11) is 0. The molecule has 0 fully saturated rings. The number of hydrogen-bond acceptors (Lipinski definition) is 5. The molecule has 4 aromatic heterocycles. The number of hydrogen-bond donors (Lipinski definition) is 0. The molecule has 152 valence electrons. The first-order chi connectivity index (χ1) is 15.9. The second kappa shape index (κ2) is 6.60. The first-order valence-corrected chi connectivity index (χ1v) is 11.0. The summed E-state index contributed by atoms with van der Waals surface area (Å²) >= 11 is 1.61. The molecule has 0 atom stereocenters. The zero-order chi connectivity index (χ0) is 21.1. The van der Waals surface area contributed by atoms with Gasteiger partial charge in [0.05, 0.1) is 16.6 Å². The quantitative estimate of drug-likeness (QED) is 0.386. The fraction of sp³-hybridized carbons (Fsp3) is 0. The van der Waals surface area contributed by atoms with E-state index in [2.05, 4.69) is 85.7 Å². The van der Waals surface area contributed by atoms with E-state index in [1.54, 1.807) is 24.0 Å². The molecular weight excluding hydrogens is 418 g/mol. The molecule has 0 saturated carbocycles. The molecule has 7 aromatic rings. The maximum absolute atomic E-state index is 4.43. The van der Waals surface area contributed by atoms with E-state index in [0.29, 0.717) is 0 Å². The summed E-state index contributed by atoms with van der Waals surface area (Å²) in [6.45, 7) is 0. The minimum Gasteiger partial charge on any atom is -0.309 e. The Morgan fingerprint density at radius 2 is 1.34 bits per heavy atom. The largest absolute Gasteiger partial charge is 0.309 e. The van der Waals surface area contributed by atoms with Crippen LogP contribution in [0.5, 0.6) is 0 Å². The third-order valence-electron chi connectivity index (χ3n) is 5.73. The third-order valence-corrected chi connectivity index (χ3v) is 6.80. The Labute approximate surface area is 185 Å². The van der Waals surface area contributed by atoms with Crippen LogP contribution in [0.15, 0.2) is 91.5 Å². The van der Waals surface area contributed by atoms with E-state index in [1.165, 1.54) is 21.8 Å². The number of thiophene rings is 1. The molecule has 0 spiro atoms. The molecule has 3 aromatic carbocycles. The van der Waals surface area contributed by atoms with Crippen molar-refractivity contribution in [3.8, 4) is 15.7 Å². The first-order valence-electron chi connectivity index (χ1n) is 10.2. The van der Waals surface area contributed by atoms with Crippen molar-refractivity contribution in [2.75, 3.05) is 0 Å². The molecule has 7 rings (SSSR count). The van der Waals surface area contributed by atoms with Gasteiger partial charge in [-0.05, 0) is 42.5 Å². The van der Waals surface area contributed by atoms with Gasteiger partial charge in [0.15, 0.2) is 0 Å². The third kappa shape index (κ3) is 2.47. The topological polar surface area (TPSA) is 66.3 Å². The summed E-state index contributed by atoms with van der Waals surface area (Å²) in [5.74, 6) is 0. The fourth-order valence-corrected chi connectivity index (χ4v) is 5.20. The van der Waals surface area contributed by atoms with E-state index in [4.69, 9.17) is 0 Å². The van der Waals surface area contributed by atoms with Gasteiger partial charge in [-0.2, -0.15) is 0 Å². The van der Waals surface area contributed by atoms with Gasteiger partial charge in [-0.3, -0.25) is 4.57 Å². The summed E-state index contributed by atoms with van der Waals surface area (Å²) in [5, 5.41) is 21.1. The fourth-order valence-electron chi connectivity index (χ4n) is 4.29. The molecule has 0 aliphatic carbocycles. The van der Waals surface area contributed by atoms with Crippen molar-refractivity contribution in [3.63, 3.8) is 0 Å². The van der Waals surface area contributed by atoms with Crippen molar-refractivity contribution in [2.45, 2.75) is 0 Å². The van der Waals surface area contributed by atoms with Crippen LogP contribution in [0.4, 0.5) is 0 Å². The summed E-state index contributed by atoms with van der Waals surface area (Å²) < 4.78 is 6.08. The number of rotatable bonds is 3. The highest BCUT2D eigenvalue weighted by atomic mass is 32.1. The van der Waals surface area contributed by atoms with Crippen LogP contribution in [0, 0.1) is 0 Å². The molecule has 0 amide bonds. The Hall–Kier alpha value is -4.30. The normalized spacial score (nSPS) is 11.8. The lowest BCUT2D eigenvalue weighted by Crippen LogP contribution is -1.96. The molecule has 8 heteroatoms. The van der Waals surface area contributed by atoms with Crippen molar-refractivity contribution in [2.24, 2.45) is 0 Å². The molecule has 0 radical (unpaired) electrons. The van der Waals surface area contributed by atoms with Crippen molar-refractivity contribution < 1.29 is 0 Å². The summed E-state index contributed by atoms with van der Waals surface area (Å²) in [4.78, 5) is 0. The minimum atomic E-state index is 0.855. The number of fused-ring (bicyclic) bond motifs is 4. The van der Waals surface area contributed by atoms with Gasteiger partial charge in [0.1, 0.15) is 28.2 Å². The highest BCUT2D eigenvalue weighted by Gasteiger charge is 2.15. The molecule has 0 aliphatic rings. The van der Waals surface area contributed by atoms with Gasteiger partial charge >= 0.3 is 0 Å². The predicted molar refractivity (Wildman–Crippen MR) is 126 cm³/mol. The molecule has 0 saturated heterocycles. The maximum atomic E-state index is 4.43. The Kier molecular flexibility index (Phi) is 3.58. The highest BCUT2D eigenvalue weighted by Crippen LogP contribution is 2.33. The van der Waals surface area contributed by atoms with Crippen LogP contribution in [0.2, 0.25) is 0 Å². The predicted octanol–water partition coefficient (Wildman–Crippen LogP) is 5.16. The molecule has 0 aliphatic heterocycles. The molecule has 0 N–H and O–H groups in total. The molecule has 4 heterocycles. The zero-order valence-corrected chi connectivity index (χ0v) is 17.5. The van der Waals surface area contributed by atoms with Crippen LogP contribution in [-0.4, -0.2) is 34.3 Å². The number of aromatic nitrogens is 7. The first kappa shape index (κ1) is 17.4. The van der Waals surface area contributed by atoms with Crippen molar-refractivity contribution in [3.05, 3.63) is 91.5 Å². The molecule has 32 heavy (non-hydrogen) atoms. The molecule has 0 unspecified atom stereocenters. The Balaban J connectivity index is 1.44. The van der Waals surface area contributed by atoms with Crippen LogP contribution < -0.4 is 0 Å². The van der Waals surface area contributed by atoms with Crippen molar-refractivity contribution in [1.29, 1.82) is 0 Å². The van der Waals surface area contributed by atoms with E-state index >= 15 is 0 Å². The molecule has 7 nitrogen and oxygen atoms in total. The van der Waals surface area contributed by atoms with E-state index in [1.807, 2.05) is 27.4 Å². The molecule has 0 bridgehead atoms. The number of benzene rings is 3. The Morgan fingerprint density at radius 3 is 2.09 bits per heavy atom. The van der Waals surface area contributed by atoms with Gasteiger partial charge < -0.3 is 4.57 Å². The second-order valence-corrected chi connectivity index (χ2v) is 8.57. The monoisotopic (exact) mass is 433 g/mol. The van der Waals surface area contributed by atoms with E-state index in [0.717, 1.165) is 26.7 Å². The lowest BCUT2D eigenvalue weighted by molar-refractivity contribution is 0.835. The average molecular weight is 434 g/mol. The highest BCUT2D eigenvalue weighted by molar-refractivity contribution is 7.17. The minimum absolute atomic E-state index is 0.855. The van der Waals surface area contributed by atoms with Gasteiger partial charge in [-0.15, -0.1) is 15.3 Å². The number of para-hydroxylation sites is 2. The summed E-state index contributed by atoms with van der Waals surface area (Å²) in [6.07, 6.45) is 3.38. The van der Waals surface area contributed by atoms with Crippen molar-refractivity contribution >= 4 is 44.2 Å². The van der Waals surface area contributed by atoms with Crippen LogP contribution in [0.25, 0.3) is 48.5 Å². The zero-order valence-electron chi connectivity index (χ0n) is 16.7. The lowest BCUT2D eigenvalue weighted by Gasteiger charge is -2.08. The van der Waals surface area contributed by atoms with E-state index in [9.17, 15) is 0 Å². The summed E-state index contributed by atoms with van der Waals surface area (Å²) in [6, 6.07) is 27.4. The Bertz CT molecular complexity index is 1680. The SMILES string of the molecule is c1ccc2c(c1)c1ccccc1n2-c1ccc2nnn(-c3ccc(-n4cnnc4)s3)c2c1. The van der Waals surface area contributed by atoms with Gasteiger partial charge in [-0.1, -0.05) is 52.9 Å². The van der Waals surface area contributed by atoms with Gasteiger partial charge in [-0.25, -0.2) is 4.68 Å².